The van der Waals surface area contributed by atoms with E-state index in [-0.39, 0.29) is 0 Å². The van der Waals surface area contributed by atoms with Crippen LogP contribution in [0.4, 0.5) is 0 Å². The fourth-order valence-electron chi connectivity index (χ4n) is 1.87. The number of nitrogens with zero attached hydrogens (tertiary/aromatic N) is 1. The summed E-state index contributed by atoms with van der Waals surface area (Å²) in [4.78, 5) is 4.23. The van der Waals surface area contributed by atoms with Crippen molar-refractivity contribution in [2.75, 3.05) is 19.8 Å². The zero-order valence-corrected chi connectivity index (χ0v) is 9.61. The molecule has 0 aromatic heterocycles. The first-order valence-electron chi connectivity index (χ1n) is 6.05. The molecule has 0 radical (unpaired) electrons. The second-order valence-corrected chi connectivity index (χ2v) is 4.77. The highest BCUT2D eigenvalue weighted by atomic mass is 16.5. The van der Waals surface area contributed by atoms with Crippen LogP contribution in [0, 0.1) is 0 Å². The Bertz CT molecular complexity index is 258. The van der Waals surface area contributed by atoms with Crippen LogP contribution in [0.2, 0.25) is 0 Å². The summed E-state index contributed by atoms with van der Waals surface area (Å²) in [6, 6.07) is 0.537. The van der Waals surface area contributed by atoms with Crippen LogP contribution in [0.25, 0.3) is 0 Å². The molecule has 0 amide bonds. The van der Waals surface area contributed by atoms with Crippen molar-refractivity contribution >= 4 is 5.96 Å². The molecule has 0 aromatic rings. The van der Waals surface area contributed by atoms with Gasteiger partial charge < -0.3 is 20.9 Å². The van der Waals surface area contributed by atoms with Crippen LogP contribution in [-0.4, -0.2) is 42.5 Å². The van der Waals surface area contributed by atoms with Crippen LogP contribution < -0.4 is 11.1 Å². The number of nitrogens with two attached hydrogens (primary N) is 1. The van der Waals surface area contributed by atoms with Gasteiger partial charge in [-0.2, -0.15) is 0 Å². The predicted octanol–water partition coefficient (Wildman–Crippen LogP) is -0.0153. The molecule has 0 atom stereocenters. The van der Waals surface area contributed by atoms with Crippen molar-refractivity contribution in [2.45, 2.75) is 43.7 Å². The molecule has 92 valence electrons. The van der Waals surface area contributed by atoms with Gasteiger partial charge in [-0.3, -0.25) is 4.99 Å². The van der Waals surface area contributed by atoms with Gasteiger partial charge in [-0.1, -0.05) is 0 Å². The van der Waals surface area contributed by atoms with Crippen LogP contribution in [0.3, 0.4) is 0 Å². The van der Waals surface area contributed by atoms with E-state index in [1.54, 1.807) is 0 Å². The van der Waals surface area contributed by atoms with Gasteiger partial charge in [0.05, 0.1) is 5.60 Å². The minimum atomic E-state index is -0.596. The Morgan fingerprint density at radius 2 is 2.12 bits per heavy atom. The van der Waals surface area contributed by atoms with E-state index >= 15 is 0 Å². The third-order valence-corrected chi connectivity index (χ3v) is 3.21. The van der Waals surface area contributed by atoms with Gasteiger partial charge in [0.25, 0.3) is 0 Å². The fraction of sp³-hybridized carbons (Fsp3) is 0.909. The van der Waals surface area contributed by atoms with Crippen molar-refractivity contribution in [3.05, 3.63) is 0 Å². The van der Waals surface area contributed by atoms with Crippen molar-refractivity contribution in [2.24, 2.45) is 10.7 Å². The van der Waals surface area contributed by atoms with Crippen molar-refractivity contribution in [3.63, 3.8) is 0 Å². The molecule has 5 heteroatoms. The van der Waals surface area contributed by atoms with E-state index in [0.717, 1.165) is 0 Å². The standard InChI is InChI=1S/C11H21N3O2/c12-10(14-9-1-2-9)13-6-3-11(15)4-7-16-8-5-11/h9,15H,1-8H2,(H3,12,13,14). The van der Waals surface area contributed by atoms with Gasteiger partial charge in [-0.05, 0) is 32.1 Å². The van der Waals surface area contributed by atoms with Crippen LogP contribution >= 0.6 is 0 Å². The third-order valence-electron chi connectivity index (χ3n) is 3.21. The van der Waals surface area contributed by atoms with Crippen molar-refractivity contribution in [1.29, 1.82) is 0 Å². The average Bonchev–Trinajstić information content (AvgIpc) is 3.02. The summed E-state index contributed by atoms with van der Waals surface area (Å²) in [6.45, 7) is 1.88. The maximum atomic E-state index is 10.2. The van der Waals surface area contributed by atoms with E-state index in [1.165, 1.54) is 12.8 Å². The van der Waals surface area contributed by atoms with E-state index in [9.17, 15) is 5.11 Å². The van der Waals surface area contributed by atoms with Gasteiger partial charge in [-0.15, -0.1) is 0 Å². The molecule has 1 saturated carbocycles. The number of hydrogen-bond acceptors (Lipinski definition) is 3. The Kier molecular flexibility index (Phi) is 3.66. The number of rotatable bonds is 4. The highest BCUT2D eigenvalue weighted by Crippen LogP contribution is 2.24. The lowest BCUT2D eigenvalue weighted by molar-refractivity contribution is -0.0662. The molecular weight excluding hydrogens is 206 g/mol. The molecule has 0 bridgehead atoms. The van der Waals surface area contributed by atoms with Crippen LogP contribution in [0.5, 0.6) is 0 Å². The Hall–Kier alpha value is -0.810. The van der Waals surface area contributed by atoms with E-state index in [1.807, 2.05) is 0 Å². The summed E-state index contributed by atoms with van der Waals surface area (Å²) in [5.74, 6) is 0.512. The first-order chi connectivity index (χ1) is 7.68. The summed E-state index contributed by atoms with van der Waals surface area (Å²) in [5.41, 5.74) is 5.11. The van der Waals surface area contributed by atoms with Gasteiger partial charge in [-0.25, -0.2) is 0 Å². The van der Waals surface area contributed by atoms with Crippen molar-refractivity contribution in [1.82, 2.24) is 5.32 Å². The molecule has 0 unspecified atom stereocenters. The minimum Gasteiger partial charge on any atom is -0.390 e. The van der Waals surface area contributed by atoms with Gasteiger partial charge in [0.2, 0.25) is 0 Å². The molecule has 4 N–H and O–H groups in total. The summed E-state index contributed by atoms with van der Waals surface area (Å²) in [7, 11) is 0. The molecule has 2 aliphatic rings. The number of nitrogens with one attached hydrogen (secondary N) is 1. The molecule has 16 heavy (non-hydrogen) atoms. The zero-order valence-electron chi connectivity index (χ0n) is 9.61. The molecule has 1 aliphatic carbocycles. The summed E-state index contributed by atoms with van der Waals surface area (Å²) < 4.78 is 5.22. The van der Waals surface area contributed by atoms with Gasteiger partial charge >= 0.3 is 0 Å². The molecule has 2 fully saturated rings. The lowest BCUT2D eigenvalue weighted by Crippen LogP contribution is -2.37. The lowest BCUT2D eigenvalue weighted by Gasteiger charge is -2.31. The van der Waals surface area contributed by atoms with Gasteiger partial charge in [0, 0.05) is 25.8 Å². The van der Waals surface area contributed by atoms with E-state index in [4.69, 9.17) is 10.5 Å². The Morgan fingerprint density at radius 1 is 1.44 bits per heavy atom. The quantitative estimate of drug-likeness (QED) is 0.466. The summed E-state index contributed by atoms with van der Waals surface area (Å²) in [5, 5.41) is 13.3. The SMILES string of the molecule is NC(=NCCC1(O)CCOCC1)NC1CC1. The molecule has 1 heterocycles. The number of ether oxygens (including phenoxy) is 1. The van der Waals surface area contributed by atoms with E-state index in [0.29, 0.717) is 51.0 Å². The van der Waals surface area contributed by atoms with Gasteiger partial charge in [0.1, 0.15) is 0 Å². The monoisotopic (exact) mass is 227 g/mol. The smallest absolute Gasteiger partial charge is 0.188 e. The van der Waals surface area contributed by atoms with Crippen LogP contribution in [-0.2, 0) is 4.74 Å². The average molecular weight is 227 g/mol. The maximum absolute atomic E-state index is 10.2. The molecule has 1 saturated heterocycles. The molecule has 0 aromatic carbocycles. The first kappa shape index (κ1) is 11.7. The Balaban J connectivity index is 1.68. The van der Waals surface area contributed by atoms with Crippen molar-refractivity contribution in [3.8, 4) is 0 Å². The molecular formula is C11H21N3O2. The van der Waals surface area contributed by atoms with Crippen LogP contribution in [0.1, 0.15) is 32.1 Å². The van der Waals surface area contributed by atoms with E-state index < -0.39 is 5.60 Å². The third kappa shape index (κ3) is 3.64. The fourth-order valence-corrected chi connectivity index (χ4v) is 1.87. The summed E-state index contributed by atoms with van der Waals surface area (Å²) >= 11 is 0. The largest absolute Gasteiger partial charge is 0.390 e. The normalized spacial score (nSPS) is 25.4. The highest BCUT2D eigenvalue weighted by molar-refractivity contribution is 5.78. The number of hydrogen-bond donors (Lipinski definition) is 3. The maximum Gasteiger partial charge on any atom is 0.188 e. The zero-order chi connectivity index (χ0) is 11.4. The summed E-state index contributed by atoms with van der Waals surface area (Å²) in [6.07, 6.45) is 4.47. The lowest BCUT2D eigenvalue weighted by atomic mass is 9.91. The predicted molar refractivity (Wildman–Crippen MR) is 62.3 cm³/mol. The Morgan fingerprint density at radius 3 is 2.75 bits per heavy atom. The Labute approximate surface area is 96.1 Å². The van der Waals surface area contributed by atoms with Gasteiger partial charge in [0.15, 0.2) is 5.96 Å². The second kappa shape index (κ2) is 5.01. The topological polar surface area (TPSA) is 79.9 Å². The molecule has 2 rings (SSSR count). The highest BCUT2D eigenvalue weighted by Gasteiger charge is 2.29. The van der Waals surface area contributed by atoms with Crippen molar-refractivity contribution < 1.29 is 9.84 Å². The number of guanidine groups is 1. The second-order valence-electron chi connectivity index (χ2n) is 4.77. The molecule has 5 nitrogen and oxygen atoms in total. The van der Waals surface area contributed by atoms with E-state index in [2.05, 4.69) is 10.3 Å². The number of aliphatic hydroxyl groups is 1. The first-order valence-corrected chi connectivity index (χ1v) is 6.05. The number of aliphatic imine (C=N–C) groups is 1. The van der Waals surface area contributed by atoms with Crippen LogP contribution in [0.15, 0.2) is 4.99 Å². The minimum absolute atomic E-state index is 0.512. The molecule has 0 spiro atoms. The molecule has 1 aliphatic heterocycles.